The fraction of sp³-hybridized carbons (Fsp3) is 0.542. The summed E-state index contributed by atoms with van der Waals surface area (Å²) in [5.74, 6) is -4.64. The Hall–Kier alpha value is -3.75. The molecule has 5 atom stereocenters. The van der Waals surface area contributed by atoms with Crippen LogP contribution in [0.5, 0.6) is 5.75 Å². The van der Waals surface area contributed by atoms with Crippen LogP contribution in [0.15, 0.2) is 24.3 Å². The number of aromatic hydroxyl groups is 1. The Kier molecular flexibility index (Phi) is 13.7. The van der Waals surface area contributed by atoms with Crippen molar-refractivity contribution in [2.24, 2.45) is 17.2 Å². The van der Waals surface area contributed by atoms with Crippen molar-refractivity contribution in [3.8, 4) is 5.75 Å². The zero-order chi connectivity index (χ0) is 28.8. The largest absolute Gasteiger partial charge is 0.508 e. The van der Waals surface area contributed by atoms with Crippen molar-refractivity contribution in [1.82, 2.24) is 16.0 Å². The molecule has 0 spiro atoms. The van der Waals surface area contributed by atoms with Crippen molar-refractivity contribution in [1.29, 1.82) is 0 Å². The summed E-state index contributed by atoms with van der Waals surface area (Å²) in [6.07, 6.45) is -0.435. The van der Waals surface area contributed by atoms with Crippen molar-refractivity contribution in [3.05, 3.63) is 29.8 Å². The first kappa shape index (κ1) is 32.3. The Morgan fingerprint density at radius 1 is 0.895 bits per heavy atom. The summed E-state index contributed by atoms with van der Waals surface area (Å²) in [4.78, 5) is 61.5. The van der Waals surface area contributed by atoms with Crippen LogP contribution in [-0.4, -0.2) is 81.7 Å². The normalized spacial score (nSPS) is 14.8. The summed E-state index contributed by atoms with van der Waals surface area (Å²) < 4.78 is 0. The maximum Gasteiger partial charge on any atom is 0.328 e. The number of nitrogens with two attached hydrogens (primary N) is 3. The summed E-state index contributed by atoms with van der Waals surface area (Å²) in [7, 11) is 0. The minimum absolute atomic E-state index is 0.0316. The summed E-state index contributed by atoms with van der Waals surface area (Å²) in [6.45, 7) is 1.61. The second kappa shape index (κ2) is 16.2. The van der Waals surface area contributed by atoms with E-state index >= 15 is 0 Å². The Morgan fingerprint density at radius 2 is 1.47 bits per heavy atom. The molecule has 1 aromatic carbocycles. The number of nitrogens with one attached hydrogen (secondary N) is 3. The SMILES string of the molecule is CC(O)C(NC(=O)C(Cc1ccc(O)cc1)NC(=O)C(CCC(N)=O)NC(=O)C(N)CCCCN)C(=O)O. The monoisotopic (exact) mass is 538 g/mol. The van der Waals surface area contributed by atoms with E-state index in [4.69, 9.17) is 17.2 Å². The minimum atomic E-state index is -1.65. The lowest BCUT2D eigenvalue weighted by Crippen LogP contribution is -2.58. The number of hydrogen-bond acceptors (Lipinski definition) is 9. The number of primary amides is 1. The van der Waals surface area contributed by atoms with Crippen molar-refractivity contribution < 1.29 is 39.3 Å². The number of amides is 4. The molecule has 4 amide bonds. The van der Waals surface area contributed by atoms with Gasteiger partial charge < -0.3 is 48.5 Å². The Morgan fingerprint density at radius 3 is 2.00 bits per heavy atom. The van der Waals surface area contributed by atoms with Gasteiger partial charge in [-0.15, -0.1) is 0 Å². The highest BCUT2D eigenvalue weighted by Gasteiger charge is 2.32. The van der Waals surface area contributed by atoms with E-state index in [0.29, 0.717) is 31.4 Å². The molecule has 0 heterocycles. The number of phenols is 1. The van der Waals surface area contributed by atoms with Crippen LogP contribution in [0, 0.1) is 0 Å². The van der Waals surface area contributed by atoms with E-state index in [9.17, 15) is 39.3 Å². The van der Waals surface area contributed by atoms with Gasteiger partial charge in [-0.2, -0.15) is 0 Å². The van der Waals surface area contributed by atoms with E-state index in [0.717, 1.165) is 0 Å². The summed E-state index contributed by atoms with van der Waals surface area (Å²) in [6, 6.07) is 0.503. The zero-order valence-corrected chi connectivity index (χ0v) is 21.3. The van der Waals surface area contributed by atoms with Crippen LogP contribution in [0.25, 0.3) is 0 Å². The molecule has 38 heavy (non-hydrogen) atoms. The van der Waals surface area contributed by atoms with E-state index in [1.807, 2.05) is 0 Å². The van der Waals surface area contributed by atoms with E-state index in [1.54, 1.807) is 0 Å². The number of benzene rings is 1. The molecule has 212 valence electrons. The number of carboxylic acid groups (broad SMARTS) is 1. The molecule has 0 radical (unpaired) electrons. The first-order valence-corrected chi connectivity index (χ1v) is 12.2. The number of hydrogen-bond donors (Lipinski definition) is 9. The maximum absolute atomic E-state index is 13.2. The number of carbonyl (C=O) groups is 5. The van der Waals surface area contributed by atoms with Crippen LogP contribution in [0.2, 0.25) is 0 Å². The van der Waals surface area contributed by atoms with Gasteiger partial charge in [0.2, 0.25) is 23.6 Å². The smallest absolute Gasteiger partial charge is 0.328 e. The average molecular weight is 539 g/mol. The molecule has 0 saturated carbocycles. The molecule has 14 heteroatoms. The lowest BCUT2D eigenvalue weighted by molar-refractivity contribution is -0.145. The van der Waals surface area contributed by atoms with Gasteiger partial charge in [0.15, 0.2) is 6.04 Å². The highest BCUT2D eigenvalue weighted by Crippen LogP contribution is 2.12. The average Bonchev–Trinajstić information content (AvgIpc) is 2.84. The van der Waals surface area contributed by atoms with Crippen molar-refractivity contribution in [2.75, 3.05) is 6.54 Å². The molecule has 1 rings (SSSR count). The summed E-state index contributed by atoms with van der Waals surface area (Å²) >= 11 is 0. The van der Waals surface area contributed by atoms with Gasteiger partial charge in [-0.25, -0.2) is 4.79 Å². The first-order valence-electron chi connectivity index (χ1n) is 12.2. The molecular weight excluding hydrogens is 500 g/mol. The van der Waals surface area contributed by atoms with E-state index < -0.39 is 59.9 Å². The third kappa shape index (κ3) is 11.5. The number of rotatable bonds is 17. The third-order valence-electron chi connectivity index (χ3n) is 5.67. The number of aliphatic carboxylic acids is 1. The summed E-state index contributed by atoms with van der Waals surface area (Å²) in [5, 5.41) is 35.7. The predicted octanol–water partition coefficient (Wildman–Crippen LogP) is -2.42. The maximum atomic E-state index is 13.2. The van der Waals surface area contributed by atoms with E-state index in [-0.39, 0.29) is 25.0 Å². The molecule has 0 aliphatic rings. The number of aliphatic hydroxyl groups is 1. The van der Waals surface area contributed by atoms with E-state index in [2.05, 4.69) is 16.0 Å². The van der Waals surface area contributed by atoms with Gasteiger partial charge in [-0.3, -0.25) is 19.2 Å². The molecule has 0 aliphatic heterocycles. The van der Waals surface area contributed by atoms with Crippen molar-refractivity contribution in [2.45, 2.75) is 75.7 Å². The molecule has 0 aromatic heterocycles. The van der Waals surface area contributed by atoms with Gasteiger partial charge >= 0.3 is 5.97 Å². The molecule has 5 unspecified atom stereocenters. The molecule has 0 fully saturated rings. The molecular formula is C24H38N6O8. The fourth-order valence-electron chi connectivity index (χ4n) is 3.47. The lowest BCUT2D eigenvalue weighted by atomic mass is 10.0. The number of phenolic OH excluding ortho intramolecular Hbond substituents is 1. The first-order chi connectivity index (χ1) is 17.8. The van der Waals surface area contributed by atoms with Gasteiger partial charge in [-0.1, -0.05) is 18.6 Å². The van der Waals surface area contributed by atoms with Crippen LogP contribution in [0.3, 0.4) is 0 Å². The van der Waals surface area contributed by atoms with Crippen LogP contribution in [0.1, 0.15) is 44.6 Å². The number of unbranched alkanes of at least 4 members (excludes halogenated alkanes) is 1. The molecule has 12 N–H and O–H groups in total. The molecule has 1 aromatic rings. The Labute approximate surface area is 220 Å². The van der Waals surface area contributed by atoms with Crippen LogP contribution < -0.4 is 33.2 Å². The summed E-state index contributed by atoms with van der Waals surface area (Å²) in [5.41, 5.74) is 17.1. The number of carboxylic acids is 1. The van der Waals surface area contributed by atoms with Crippen molar-refractivity contribution >= 4 is 29.6 Å². The highest BCUT2D eigenvalue weighted by molar-refractivity contribution is 5.94. The standard InChI is InChI=1S/C24H38N6O8/c1-13(31)20(24(37)38)30-23(36)18(12-14-5-7-15(32)8-6-14)29-22(35)17(9-10-19(27)33)28-21(34)16(26)4-2-3-11-25/h5-8,13,16-18,20,31-32H,2-4,9-12,25-26H2,1H3,(H2,27,33)(H,28,34)(H,29,35)(H,30,36)(H,37,38). The molecule has 0 saturated heterocycles. The Bertz CT molecular complexity index is 956. The quantitative estimate of drug-likeness (QED) is 0.0947. The minimum Gasteiger partial charge on any atom is -0.508 e. The fourth-order valence-corrected chi connectivity index (χ4v) is 3.47. The van der Waals surface area contributed by atoms with Crippen molar-refractivity contribution in [3.63, 3.8) is 0 Å². The molecule has 0 bridgehead atoms. The number of aliphatic hydroxyl groups excluding tert-OH is 1. The van der Waals surface area contributed by atoms with E-state index in [1.165, 1.54) is 31.2 Å². The topological polar surface area (TPSA) is 260 Å². The van der Waals surface area contributed by atoms with Gasteiger partial charge in [0, 0.05) is 12.8 Å². The number of carbonyl (C=O) groups excluding carboxylic acids is 4. The highest BCUT2D eigenvalue weighted by atomic mass is 16.4. The third-order valence-corrected chi connectivity index (χ3v) is 5.67. The zero-order valence-electron chi connectivity index (χ0n) is 21.3. The van der Waals surface area contributed by atoms with Gasteiger partial charge in [0.25, 0.3) is 0 Å². The van der Waals surface area contributed by atoms with Gasteiger partial charge in [0.1, 0.15) is 17.8 Å². The predicted molar refractivity (Wildman–Crippen MR) is 136 cm³/mol. The molecule has 0 aliphatic carbocycles. The Balaban J connectivity index is 3.13. The van der Waals surface area contributed by atoms with Crippen LogP contribution in [-0.2, 0) is 30.4 Å². The second-order valence-electron chi connectivity index (χ2n) is 8.95. The van der Waals surface area contributed by atoms with Crippen LogP contribution in [0.4, 0.5) is 0 Å². The second-order valence-corrected chi connectivity index (χ2v) is 8.95. The van der Waals surface area contributed by atoms with Gasteiger partial charge in [0.05, 0.1) is 12.1 Å². The van der Waals surface area contributed by atoms with Crippen LogP contribution >= 0.6 is 0 Å². The van der Waals surface area contributed by atoms with Gasteiger partial charge in [-0.05, 0) is 50.4 Å². The lowest BCUT2D eigenvalue weighted by Gasteiger charge is -2.26. The molecule has 14 nitrogen and oxygen atoms in total.